The minimum absolute atomic E-state index is 0.0575. The Kier molecular flexibility index (Phi) is 3.20. The van der Waals surface area contributed by atoms with E-state index in [1.54, 1.807) is 0 Å². The molecule has 5 rings (SSSR count). The molecule has 1 aliphatic carbocycles. The van der Waals surface area contributed by atoms with Crippen molar-refractivity contribution in [2.75, 3.05) is 0 Å². The van der Waals surface area contributed by atoms with Crippen molar-refractivity contribution in [1.29, 1.82) is 0 Å². The van der Waals surface area contributed by atoms with Gasteiger partial charge in [0.25, 0.3) is 0 Å². The van der Waals surface area contributed by atoms with Crippen LogP contribution in [-0.2, 0) is 5.54 Å². The third kappa shape index (κ3) is 2.07. The number of benzene rings is 3. The molecule has 0 saturated heterocycles. The SMILES string of the molecule is CC1(n2c3cccc(Br)c3c3c4ccccc4ccc32)C=CC=CC1. The normalized spacial score (nSPS) is 20.1. The van der Waals surface area contributed by atoms with Crippen LogP contribution in [0.5, 0.6) is 0 Å². The molecule has 0 spiro atoms. The number of aromatic nitrogens is 1. The van der Waals surface area contributed by atoms with Crippen LogP contribution in [0.3, 0.4) is 0 Å². The zero-order valence-electron chi connectivity index (χ0n) is 14.0. The van der Waals surface area contributed by atoms with Crippen molar-refractivity contribution >= 4 is 48.5 Å². The average Bonchev–Trinajstić information content (AvgIpc) is 2.99. The molecule has 0 radical (unpaired) electrons. The van der Waals surface area contributed by atoms with Crippen molar-refractivity contribution in [3.8, 4) is 0 Å². The summed E-state index contributed by atoms with van der Waals surface area (Å²) < 4.78 is 3.67. The van der Waals surface area contributed by atoms with Gasteiger partial charge in [0.15, 0.2) is 0 Å². The second kappa shape index (κ2) is 5.34. The Labute approximate surface area is 155 Å². The van der Waals surface area contributed by atoms with Gasteiger partial charge in [-0.25, -0.2) is 0 Å². The summed E-state index contributed by atoms with van der Waals surface area (Å²) in [6.07, 6.45) is 9.89. The summed E-state index contributed by atoms with van der Waals surface area (Å²) in [6, 6.07) is 19.7. The summed E-state index contributed by atoms with van der Waals surface area (Å²) >= 11 is 3.81. The molecule has 1 atom stereocenters. The standard InChI is InChI=1S/C23H18BrN/c1-23(14-5-2-6-15-23)25-19-11-7-10-18(24)22(19)21-17-9-4-3-8-16(17)12-13-20(21)25/h2-14H,15H2,1H3. The Hall–Kier alpha value is -2.32. The highest BCUT2D eigenvalue weighted by Gasteiger charge is 2.28. The van der Waals surface area contributed by atoms with Gasteiger partial charge in [0.05, 0.1) is 16.6 Å². The van der Waals surface area contributed by atoms with Gasteiger partial charge in [-0.3, -0.25) is 0 Å². The van der Waals surface area contributed by atoms with E-state index in [1.165, 1.54) is 32.6 Å². The number of nitrogens with zero attached hydrogens (tertiary/aromatic N) is 1. The molecule has 3 aromatic carbocycles. The predicted molar refractivity (Wildman–Crippen MR) is 111 cm³/mol. The number of rotatable bonds is 1. The van der Waals surface area contributed by atoms with E-state index in [0.29, 0.717) is 0 Å². The lowest BCUT2D eigenvalue weighted by Crippen LogP contribution is -2.27. The van der Waals surface area contributed by atoms with Crippen LogP contribution in [0.25, 0.3) is 32.6 Å². The van der Waals surface area contributed by atoms with Gasteiger partial charge in [0.1, 0.15) is 0 Å². The molecule has 4 aromatic rings. The van der Waals surface area contributed by atoms with E-state index in [-0.39, 0.29) is 5.54 Å². The summed E-state index contributed by atoms with van der Waals surface area (Å²) in [7, 11) is 0. The molecule has 0 amide bonds. The van der Waals surface area contributed by atoms with Crippen LogP contribution in [0.15, 0.2) is 83.4 Å². The molecule has 1 aliphatic rings. The Bertz CT molecular complexity index is 1200. The summed E-state index contributed by atoms with van der Waals surface area (Å²) in [5, 5.41) is 5.24. The summed E-state index contributed by atoms with van der Waals surface area (Å²) in [6.45, 7) is 2.32. The number of hydrogen-bond donors (Lipinski definition) is 0. The Morgan fingerprint density at radius 2 is 1.72 bits per heavy atom. The van der Waals surface area contributed by atoms with Gasteiger partial charge in [-0.1, -0.05) is 76.6 Å². The molecule has 0 aliphatic heterocycles. The fourth-order valence-corrected chi connectivity index (χ4v) is 4.77. The predicted octanol–water partition coefficient (Wildman–Crippen LogP) is 6.94. The largest absolute Gasteiger partial charge is 0.331 e. The van der Waals surface area contributed by atoms with Crippen LogP contribution in [0.1, 0.15) is 13.3 Å². The van der Waals surface area contributed by atoms with Crippen LogP contribution in [0, 0.1) is 0 Å². The average molecular weight is 388 g/mol. The molecule has 0 bridgehead atoms. The Morgan fingerprint density at radius 3 is 2.56 bits per heavy atom. The Morgan fingerprint density at radius 1 is 0.880 bits per heavy atom. The first-order valence-corrected chi connectivity index (χ1v) is 9.44. The molecule has 1 aromatic heterocycles. The maximum atomic E-state index is 3.81. The summed E-state index contributed by atoms with van der Waals surface area (Å²) in [4.78, 5) is 0. The number of halogens is 1. The van der Waals surface area contributed by atoms with Gasteiger partial charge in [0, 0.05) is 15.2 Å². The molecule has 0 saturated carbocycles. The van der Waals surface area contributed by atoms with E-state index >= 15 is 0 Å². The maximum Gasteiger partial charge on any atom is 0.0643 e. The molecule has 1 unspecified atom stereocenters. The van der Waals surface area contributed by atoms with E-state index in [9.17, 15) is 0 Å². The van der Waals surface area contributed by atoms with E-state index in [4.69, 9.17) is 0 Å². The number of fused-ring (bicyclic) bond motifs is 5. The fraction of sp³-hybridized carbons (Fsp3) is 0.130. The van der Waals surface area contributed by atoms with Gasteiger partial charge in [-0.05, 0) is 42.3 Å². The first kappa shape index (κ1) is 15.0. The monoisotopic (exact) mass is 387 g/mol. The topological polar surface area (TPSA) is 4.93 Å². The third-order valence-electron chi connectivity index (χ3n) is 5.37. The second-order valence-electron chi connectivity index (χ2n) is 7.00. The highest BCUT2D eigenvalue weighted by molar-refractivity contribution is 9.10. The van der Waals surface area contributed by atoms with Crippen LogP contribution in [-0.4, -0.2) is 4.57 Å². The molecule has 2 heteroatoms. The molecular weight excluding hydrogens is 370 g/mol. The first-order valence-electron chi connectivity index (χ1n) is 8.64. The molecule has 1 nitrogen and oxygen atoms in total. The van der Waals surface area contributed by atoms with Crippen LogP contribution < -0.4 is 0 Å². The summed E-state index contributed by atoms with van der Waals surface area (Å²) in [5.41, 5.74) is 2.52. The van der Waals surface area contributed by atoms with Crippen LogP contribution >= 0.6 is 15.9 Å². The fourth-order valence-electron chi connectivity index (χ4n) is 4.22. The molecule has 0 N–H and O–H groups in total. The summed E-state index contributed by atoms with van der Waals surface area (Å²) in [5.74, 6) is 0. The quantitative estimate of drug-likeness (QED) is 0.333. The van der Waals surface area contributed by atoms with Crippen molar-refractivity contribution in [1.82, 2.24) is 4.57 Å². The molecule has 0 fully saturated rings. The lowest BCUT2D eigenvalue weighted by atomic mass is 9.92. The molecule has 1 heterocycles. The number of allylic oxidation sites excluding steroid dienone is 4. The molecule has 25 heavy (non-hydrogen) atoms. The van der Waals surface area contributed by atoms with Crippen molar-refractivity contribution < 1.29 is 0 Å². The van der Waals surface area contributed by atoms with E-state index < -0.39 is 0 Å². The number of hydrogen-bond acceptors (Lipinski definition) is 0. The Balaban J connectivity index is 2.04. The minimum Gasteiger partial charge on any atom is -0.331 e. The van der Waals surface area contributed by atoms with Gasteiger partial charge < -0.3 is 4.57 Å². The zero-order chi connectivity index (χ0) is 17.0. The van der Waals surface area contributed by atoms with E-state index in [1.807, 2.05) is 0 Å². The van der Waals surface area contributed by atoms with Gasteiger partial charge >= 0.3 is 0 Å². The van der Waals surface area contributed by atoms with E-state index in [2.05, 4.69) is 106 Å². The highest BCUT2D eigenvalue weighted by Crippen LogP contribution is 2.42. The van der Waals surface area contributed by atoms with Gasteiger partial charge in [0.2, 0.25) is 0 Å². The van der Waals surface area contributed by atoms with Crippen LogP contribution in [0.2, 0.25) is 0 Å². The third-order valence-corrected chi connectivity index (χ3v) is 6.04. The lowest BCUT2D eigenvalue weighted by Gasteiger charge is -2.31. The molecular formula is C23H18BrN. The zero-order valence-corrected chi connectivity index (χ0v) is 15.6. The minimum atomic E-state index is -0.0575. The lowest BCUT2D eigenvalue weighted by molar-refractivity contribution is 0.437. The smallest absolute Gasteiger partial charge is 0.0643 e. The van der Waals surface area contributed by atoms with Crippen molar-refractivity contribution in [3.63, 3.8) is 0 Å². The maximum absolute atomic E-state index is 3.81. The van der Waals surface area contributed by atoms with Crippen molar-refractivity contribution in [3.05, 3.63) is 83.4 Å². The van der Waals surface area contributed by atoms with Gasteiger partial charge in [-0.15, -0.1) is 0 Å². The molecule has 122 valence electrons. The second-order valence-corrected chi connectivity index (χ2v) is 7.85. The van der Waals surface area contributed by atoms with Crippen molar-refractivity contribution in [2.24, 2.45) is 0 Å². The van der Waals surface area contributed by atoms with Crippen LogP contribution in [0.4, 0.5) is 0 Å². The van der Waals surface area contributed by atoms with Gasteiger partial charge in [-0.2, -0.15) is 0 Å². The first-order chi connectivity index (χ1) is 12.2. The van der Waals surface area contributed by atoms with Crippen molar-refractivity contribution in [2.45, 2.75) is 18.9 Å². The van der Waals surface area contributed by atoms with E-state index in [0.717, 1.165) is 10.9 Å². The highest BCUT2D eigenvalue weighted by atomic mass is 79.9.